The van der Waals surface area contributed by atoms with Gasteiger partial charge in [-0.3, -0.25) is 4.79 Å². The summed E-state index contributed by atoms with van der Waals surface area (Å²) in [5.41, 5.74) is 2.70. The molecule has 0 radical (unpaired) electrons. The van der Waals surface area contributed by atoms with Gasteiger partial charge in [0.15, 0.2) is 6.29 Å². The Morgan fingerprint density at radius 3 is 2.73 bits per heavy atom. The van der Waals surface area contributed by atoms with Crippen LogP contribution in [0.1, 0.15) is 16.1 Å². The fourth-order valence-electron chi connectivity index (χ4n) is 2.02. The smallest absolute Gasteiger partial charge is 0.166 e. The summed E-state index contributed by atoms with van der Waals surface area (Å²) >= 11 is 0. The fraction of sp³-hybridized carbons (Fsp3) is 0.250. The number of benzene rings is 1. The Morgan fingerprint density at radius 2 is 2.13 bits per heavy atom. The van der Waals surface area contributed by atoms with E-state index in [1.165, 1.54) is 0 Å². The molecule has 15 heavy (non-hydrogen) atoms. The van der Waals surface area contributed by atoms with Gasteiger partial charge >= 0.3 is 0 Å². The number of rotatable bonds is 2. The van der Waals surface area contributed by atoms with Crippen LogP contribution in [0.4, 0.5) is 0 Å². The van der Waals surface area contributed by atoms with Crippen LogP contribution in [0.15, 0.2) is 18.2 Å². The fourth-order valence-corrected chi connectivity index (χ4v) is 2.02. The lowest BCUT2D eigenvalue weighted by atomic mass is 10.1. The van der Waals surface area contributed by atoms with Crippen LogP contribution in [0.2, 0.25) is 0 Å². The van der Waals surface area contributed by atoms with Crippen LogP contribution in [0.25, 0.3) is 10.9 Å². The highest BCUT2D eigenvalue weighted by molar-refractivity contribution is 5.96. The molecule has 1 aromatic heterocycles. The lowest BCUT2D eigenvalue weighted by Gasteiger charge is -2.02. The molecule has 0 amide bonds. The average Bonchev–Trinajstić information content (AvgIpc) is 2.51. The highest BCUT2D eigenvalue weighted by atomic mass is 16.5. The summed E-state index contributed by atoms with van der Waals surface area (Å²) in [5.74, 6) is 0.814. The van der Waals surface area contributed by atoms with Crippen molar-refractivity contribution in [1.29, 1.82) is 0 Å². The molecule has 78 valence electrons. The summed E-state index contributed by atoms with van der Waals surface area (Å²) in [5, 5.41) is 1.02. The highest BCUT2D eigenvalue weighted by Gasteiger charge is 2.13. The van der Waals surface area contributed by atoms with Crippen LogP contribution in [0.5, 0.6) is 5.75 Å². The minimum Gasteiger partial charge on any atom is -0.496 e. The number of hydrogen-bond donors (Lipinski definition) is 0. The summed E-state index contributed by atoms with van der Waals surface area (Å²) in [6, 6.07) is 5.82. The van der Waals surface area contributed by atoms with Gasteiger partial charge in [0.1, 0.15) is 5.75 Å². The van der Waals surface area contributed by atoms with Crippen LogP contribution in [0.3, 0.4) is 0 Å². The monoisotopic (exact) mass is 203 g/mol. The Kier molecular flexibility index (Phi) is 2.23. The van der Waals surface area contributed by atoms with Crippen LogP contribution >= 0.6 is 0 Å². The highest BCUT2D eigenvalue weighted by Crippen LogP contribution is 2.31. The molecule has 0 saturated heterocycles. The first-order chi connectivity index (χ1) is 7.20. The van der Waals surface area contributed by atoms with Gasteiger partial charge < -0.3 is 9.30 Å². The molecule has 2 rings (SSSR count). The van der Waals surface area contributed by atoms with Gasteiger partial charge in [0.2, 0.25) is 0 Å². The quantitative estimate of drug-likeness (QED) is 0.701. The first kappa shape index (κ1) is 9.77. The number of hydrogen-bond acceptors (Lipinski definition) is 2. The van der Waals surface area contributed by atoms with Crippen molar-refractivity contribution >= 4 is 17.2 Å². The van der Waals surface area contributed by atoms with E-state index in [0.29, 0.717) is 5.69 Å². The topological polar surface area (TPSA) is 31.2 Å². The van der Waals surface area contributed by atoms with Crippen molar-refractivity contribution in [2.45, 2.75) is 6.92 Å². The van der Waals surface area contributed by atoms with Gasteiger partial charge in [0.05, 0.1) is 18.3 Å². The van der Waals surface area contributed by atoms with Gasteiger partial charge in [-0.05, 0) is 24.6 Å². The number of nitrogens with zero attached hydrogens (tertiary/aromatic N) is 1. The second kappa shape index (κ2) is 3.42. The van der Waals surface area contributed by atoms with Crippen molar-refractivity contribution in [2.24, 2.45) is 7.05 Å². The third-order valence-electron chi connectivity index (χ3n) is 2.82. The Bertz CT molecular complexity index is 526. The van der Waals surface area contributed by atoms with E-state index >= 15 is 0 Å². The molecule has 3 nitrogen and oxygen atoms in total. The molecule has 3 heteroatoms. The Labute approximate surface area is 88.3 Å². The molecule has 1 aromatic carbocycles. The van der Waals surface area contributed by atoms with Crippen molar-refractivity contribution in [3.05, 3.63) is 29.5 Å². The molecule has 0 atom stereocenters. The average molecular weight is 203 g/mol. The summed E-state index contributed by atoms with van der Waals surface area (Å²) in [6.07, 6.45) is 0.884. The van der Waals surface area contributed by atoms with E-state index in [0.717, 1.165) is 28.5 Å². The molecule has 0 aliphatic heterocycles. The largest absolute Gasteiger partial charge is 0.496 e. The maximum absolute atomic E-state index is 11.0. The maximum atomic E-state index is 11.0. The van der Waals surface area contributed by atoms with E-state index in [-0.39, 0.29) is 0 Å². The zero-order valence-electron chi connectivity index (χ0n) is 9.07. The van der Waals surface area contributed by atoms with E-state index in [2.05, 4.69) is 0 Å². The second-order valence-electron chi connectivity index (χ2n) is 3.54. The molecule has 2 aromatic rings. The van der Waals surface area contributed by atoms with Crippen LogP contribution in [-0.4, -0.2) is 18.0 Å². The normalized spacial score (nSPS) is 10.6. The van der Waals surface area contributed by atoms with Crippen LogP contribution < -0.4 is 4.74 Å². The van der Waals surface area contributed by atoms with Crippen molar-refractivity contribution < 1.29 is 9.53 Å². The first-order valence-corrected chi connectivity index (χ1v) is 4.78. The minimum atomic E-state index is 0.703. The zero-order chi connectivity index (χ0) is 11.0. The van der Waals surface area contributed by atoms with Crippen molar-refractivity contribution in [2.75, 3.05) is 7.11 Å². The molecular formula is C12H13NO2. The van der Waals surface area contributed by atoms with Crippen LogP contribution in [0, 0.1) is 6.92 Å². The molecular weight excluding hydrogens is 190 g/mol. The maximum Gasteiger partial charge on any atom is 0.166 e. The molecule has 0 aliphatic carbocycles. The van der Waals surface area contributed by atoms with E-state index in [4.69, 9.17) is 4.74 Å². The molecule has 1 heterocycles. The second-order valence-corrected chi connectivity index (χ2v) is 3.54. The van der Waals surface area contributed by atoms with E-state index in [1.807, 2.05) is 36.7 Å². The summed E-state index contributed by atoms with van der Waals surface area (Å²) in [7, 11) is 3.53. The van der Waals surface area contributed by atoms with Crippen molar-refractivity contribution in [1.82, 2.24) is 4.57 Å². The number of aromatic nitrogens is 1. The van der Waals surface area contributed by atoms with Gasteiger partial charge in [-0.25, -0.2) is 0 Å². The molecule has 0 aliphatic rings. The Hall–Kier alpha value is -1.77. The van der Waals surface area contributed by atoms with Gasteiger partial charge in [0, 0.05) is 12.4 Å². The zero-order valence-corrected chi connectivity index (χ0v) is 9.07. The lowest BCUT2D eigenvalue weighted by Crippen LogP contribution is -1.94. The Balaban J connectivity index is 2.94. The lowest BCUT2D eigenvalue weighted by molar-refractivity contribution is 0.111. The standard InChI is InChI=1S/C12H13NO2/c1-8-10(7-14)13(2)9-5-4-6-11(15-3)12(8)9/h4-7H,1-3H3. The SMILES string of the molecule is COc1cccc2c1c(C)c(C=O)n2C. The van der Waals surface area contributed by atoms with E-state index in [1.54, 1.807) is 7.11 Å². The number of carbonyl (C=O) groups is 1. The number of aldehydes is 1. The molecule has 0 unspecified atom stereocenters. The van der Waals surface area contributed by atoms with Crippen molar-refractivity contribution in [3.8, 4) is 5.75 Å². The van der Waals surface area contributed by atoms with Gasteiger partial charge in [-0.15, -0.1) is 0 Å². The summed E-state index contributed by atoms with van der Waals surface area (Å²) in [6.45, 7) is 1.94. The molecule has 0 saturated carbocycles. The number of fused-ring (bicyclic) bond motifs is 1. The van der Waals surface area contributed by atoms with Crippen LogP contribution in [-0.2, 0) is 7.05 Å². The third-order valence-corrected chi connectivity index (χ3v) is 2.82. The van der Waals surface area contributed by atoms with E-state index < -0.39 is 0 Å². The van der Waals surface area contributed by atoms with Gasteiger partial charge in [-0.1, -0.05) is 6.07 Å². The molecule has 0 N–H and O–H groups in total. The van der Waals surface area contributed by atoms with E-state index in [9.17, 15) is 4.79 Å². The first-order valence-electron chi connectivity index (χ1n) is 4.78. The number of ether oxygens (including phenoxy) is 1. The number of methoxy groups -OCH3 is 1. The number of carbonyl (C=O) groups excluding carboxylic acids is 1. The van der Waals surface area contributed by atoms with Gasteiger partial charge in [0.25, 0.3) is 0 Å². The molecule has 0 fully saturated rings. The number of aryl methyl sites for hydroxylation is 2. The minimum absolute atomic E-state index is 0.703. The Morgan fingerprint density at radius 1 is 1.40 bits per heavy atom. The van der Waals surface area contributed by atoms with Gasteiger partial charge in [-0.2, -0.15) is 0 Å². The molecule has 0 spiro atoms. The predicted octanol–water partition coefficient (Wildman–Crippen LogP) is 2.31. The predicted molar refractivity (Wildman–Crippen MR) is 59.6 cm³/mol. The summed E-state index contributed by atoms with van der Waals surface area (Å²) < 4.78 is 7.18. The van der Waals surface area contributed by atoms with Crippen molar-refractivity contribution in [3.63, 3.8) is 0 Å². The summed E-state index contributed by atoms with van der Waals surface area (Å²) in [4.78, 5) is 11.0. The third kappa shape index (κ3) is 1.23. The molecule has 0 bridgehead atoms.